The van der Waals surface area contributed by atoms with Crippen molar-refractivity contribution < 1.29 is 14.6 Å². The van der Waals surface area contributed by atoms with Gasteiger partial charge in [-0.15, -0.1) is 0 Å². The number of allylic oxidation sites excluding steroid dienone is 9. The number of benzene rings is 1. The van der Waals surface area contributed by atoms with Crippen molar-refractivity contribution in [3.63, 3.8) is 0 Å². The summed E-state index contributed by atoms with van der Waals surface area (Å²) in [6.45, 7) is 22.1. The van der Waals surface area contributed by atoms with Gasteiger partial charge in [0.25, 0.3) is 0 Å². The summed E-state index contributed by atoms with van der Waals surface area (Å²) in [4.78, 5) is 20.1. The van der Waals surface area contributed by atoms with E-state index < -0.39 is 0 Å². The number of aromatic hydroxyl groups is 1. The van der Waals surface area contributed by atoms with Crippen LogP contribution in [0, 0.1) is 11.8 Å². The van der Waals surface area contributed by atoms with Gasteiger partial charge in [-0.05, 0) is 86.1 Å². The van der Waals surface area contributed by atoms with Crippen molar-refractivity contribution in [3.8, 4) is 5.75 Å². The first-order valence-electron chi connectivity index (χ1n) is 16.6. The number of hydrogen-bond donors (Lipinski definition) is 2. The Labute approximate surface area is 280 Å². The Kier molecular flexibility index (Phi) is 12.4. The van der Waals surface area contributed by atoms with E-state index in [0.29, 0.717) is 17.4 Å². The van der Waals surface area contributed by atoms with Gasteiger partial charge in [-0.3, -0.25) is 4.79 Å². The zero-order valence-electron chi connectivity index (χ0n) is 28.5. The highest BCUT2D eigenvalue weighted by atomic mass is 32.2. The molecule has 0 aromatic heterocycles. The lowest BCUT2D eigenvalue weighted by atomic mass is 9.89. The zero-order chi connectivity index (χ0) is 33.4. The molecule has 4 rings (SSSR count). The van der Waals surface area contributed by atoms with Crippen LogP contribution in [-0.2, 0) is 9.53 Å². The number of carbonyl (C=O) groups excluding carboxylic acids is 1. The molecule has 0 unspecified atom stereocenters. The van der Waals surface area contributed by atoms with Gasteiger partial charge in [0.05, 0.1) is 5.69 Å². The van der Waals surface area contributed by atoms with Crippen molar-refractivity contribution in [2.24, 2.45) is 16.8 Å². The highest BCUT2D eigenvalue weighted by Crippen LogP contribution is 2.38. The van der Waals surface area contributed by atoms with Gasteiger partial charge in [0.2, 0.25) is 0 Å². The fourth-order valence-electron chi connectivity index (χ4n) is 6.21. The summed E-state index contributed by atoms with van der Waals surface area (Å²) >= 11 is 1.96. The number of Topliss-reactive ketones (excluding diaryl/α,β-unsaturated/α-hetero) is 1. The first kappa shape index (κ1) is 35.1. The standard InChI is InChI=1S/C39H51N3O3S/c1-9-31(23-33(38(44)25(3)4)22-30-13-11-12-14-30)28(7)40-29(8)41-35-16-15-32(24-36(35)43)34(10-2)39-27(6)26(5)21-37(45-39)42-17-19-46-20-18-42/h9-10,15-16,21,23-25,30,41,43H,5,8,11-14,17-20,22H2,1-4,6-7H3/b31-9-,33-23+,34-10-,40-28-. The maximum Gasteiger partial charge on any atom is 0.196 e. The number of aliphatic imine (C=N–C) groups is 1. The van der Waals surface area contributed by atoms with Crippen LogP contribution in [-0.4, -0.2) is 46.1 Å². The molecule has 0 radical (unpaired) electrons. The number of thioether (sulfide) groups is 1. The molecule has 1 aromatic rings. The SMILES string of the molecule is C=C(\N=C(C)/C(=C\C)/C=C(\CC1CCCC1)C(=O)C(C)C)Nc1ccc(/C(=C/C)C2=C(C)C(=C)C=C(N3CCSCC3)O2)cc1O. The van der Waals surface area contributed by atoms with Crippen molar-refractivity contribution in [2.45, 2.75) is 73.6 Å². The Morgan fingerprint density at radius 1 is 1.20 bits per heavy atom. The summed E-state index contributed by atoms with van der Waals surface area (Å²) < 4.78 is 6.49. The van der Waals surface area contributed by atoms with E-state index in [1.54, 1.807) is 6.07 Å². The van der Waals surface area contributed by atoms with Crippen molar-refractivity contribution in [2.75, 3.05) is 29.9 Å². The summed E-state index contributed by atoms with van der Waals surface area (Å²) in [5.41, 5.74) is 6.65. The summed E-state index contributed by atoms with van der Waals surface area (Å²) in [6, 6.07) is 5.51. The van der Waals surface area contributed by atoms with E-state index in [9.17, 15) is 9.90 Å². The molecule has 0 bridgehead atoms. The van der Waals surface area contributed by atoms with Crippen molar-refractivity contribution in [1.29, 1.82) is 0 Å². The first-order valence-corrected chi connectivity index (χ1v) is 17.7. The minimum absolute atomic E-state index is 0.0512. The van der Waals surface area contributed by atoms with Crippen LogP contribution in [0.4, 0.5) is 5.69 Å². The summed E-state index contributed by atoms with van der Waals surface area (Å²) in [6.07, 6.45) is 13.7. The van der Waals surface area contributed by atoms with Gasteiger partial charge in [-0.25, -0.2) is 4.99 Å². The minimum Gasteiger partial charge on any atom is -0.506 e. The lowest BCUT2D eigenvalue weighted by Gasteiger charge is -2.33. The molecular formula is C39H51N3O3S. The van der Waals surface area contributed by atoms with Crippen LogP contribution >= 0.6 is 11.8 Å². The first-order chi connectivity index (χ1) is 22.0. The maximum absolute atomic E-state index is 13.1. The molecule has 0 amide bonds. The Hall–Kier alpha value is -3.71. The van der Waals surface area contributed by atoms with Gasteiger partial charge >= 0.3 is 0 Å². The predicted molar refractivity (Wildman–Crippen MR) is 196 cm³/mol. The molecule has 2 N–H and O–H groups in total. The molecule has 2 heterocycles. The largest absolute Gasteiger partial charge is 0.506 e. The number of carbonyl (C=O) groups is 1. The Bertz CT molecular complexity index is 1530. The minimum atomic E-state index is -0.0512. The Morgan fingerprint density at radius 2 is 1.89 bits per heavy atom. The molecule has 1 aromatic carbocycles. The second kappa shape index (κ2) is 16.2. The van der Waals surface area contributed by atoms with Gasteiger partial charge in [-0.1, -0.05) is 70.9 Å². The molecular weight excluding hydrogens is 591 g/mol. The molecule has 0 atom stereocenters. The molecule has 2 aliphatic heterocycles. The van der Waals surface area contributed by atoms with E-state index in [1.165, 1.54) is 25.7 Å². The average molecular weight is 642 g/mol. The van der Waals surface area contributed by atoms with Crippen LogP contribution in [0.2, 0.25) is 0 Å². The van der Waals surface area contributed by atoms with E-state index in [-0.39, 0.29) is 17.5 Å². The number of nitrogens with one attached hydrogen (secondary N) is 1. The van der Waals surface area contributed by atoms with E-state index in [1.807, 2.05) is 89.7 Å². The molecule has 1 saturated carbocycles. The lowest BCUT2D eigenvalue weighted by Crippen LogP contribution is -2.33. The van der Waals surface area contributed by atoms with Crippen LogP contribution in [0.3, 0.4) is 0 Å². The average Bonchev–Trinajstić information content (AvgIpc) is 3.55. The fourth-order valence-corrected chi connectivity index (χ4v) is 7.11. The van der Waals surface area contributed by atoms with Crippen LogP contribution in [0.15, 0.2) is 100 Å². The molecule has 46 heavy (non-hydrogen) atoms. The third-order valence-electron chi connectivity index (χ3n) is 8.96. The van der Waals surface area contributed by atoms with E-state index in [4.69, 9.17) is 9.73 Å². The highest BCUT2D eigenvalue weighted by Gasteiger charge is 2.25. The van der Waals surface area contributed by atoms with Crippen LogP contribution in [0.1, 0.15) is 79.2 Å². The molecule has 2 fully saturated rings. The van der Waals surface area contributed by atoms with Crippen LogP contribution in [0.25, 0.3) is 5.57 Å². The number of nitrogens with zero attached hydrogens (tertiary/aromatic N) is 2. The fraction of sp³-hybridized carbons (Fsp3) is 0.436. The molecule has 1 saturated heterocycles. The number of ether oxygens (including phenoxy) is 1. The smallest absolute Gasteiger partial charge is 0.196 e. The molecule has 3 aliphatic rings. The molecule has 6 nitrogen and oxygen atoms in total. The third-order valence-corrected chi connectivity index (χ3v) is 9.90. The molecule has 7 heteroatoms. The van der Waals surface area contributed by atoms with Gasteiger partial charge in [0, 0.05) is 47.9 Å². The number of anilines is 1. The number of phenols is 1. The van der Waals surface area contributed by atoms with E-state index >= 15 is 0 Å². The van der Waals surface area contributed by atoms with Gasteiger partial charge in [0.15, 0.2) is 11.7 Å². The van der Waals surface area contributed by atoms with Gasteiger partial charge < -0.3 is 20.1 Å². The third kappa shape index (κ3) is 8.75. The quantitative estimate of drug-likeness (QED) is 0.102. The second-order valence-electron chi connectivity index (χ2n) is 12.7. The Morgan fingerprint density at radius 3 is 2.50 bits per heavy atom. The zero-order valence-corrected chi connectivity index (χ0v) is 29.4. The second-order valence-corrected chi connectivity index (χ2v) is 13.9. The van der Waals surface area contributed by atoms with Crippen LogP contribution < -0.4 is 5.32 Å². The lowest BCUT2D eigenvalue weighted by molar-refractivity contribution is -0.118. The summed E-state index contributed by atoms with van der Waals surface area (Å²) in [5.74, 6) is 4.93. The van der Waals surface area contributed by atoms with Crippen molar-refractivity contribution in [3.05, 3.63) is 101 Å². The number of hydrogen-bond acceptors (Lipinski definition) is 7. The number of phenolic OH excluding ortho intramolecular Hbond substituents is 1. The Balaban J connectivity index is 1.49. The van der Waals surface area contributed by atoms with Crippen LogP contribution in [0.5, 0.6) is 5.75 Å². The van der Waals surface area contributed by atoms with Crippen molar-refractivity contribution >= 4 is 34.5 Å². The topological polar surface area (TPSA) is 74.2 Å². The number of ketones is 1. The summed E-state index contributed by atoms with van der Waals surface area (Å²) in [5, 5.41) is 14.2. The summed E-state index contributed by atoms with van der Waals surface area (Å²) in [7, 11) is 0. The van der Waals surface area contributed by atoms with E-state index in [2.05, 4.69) is 23.4 Å². The monoisotopic (exact) mass is 641 g/mol. The number of rotatable bonds is 12. The normalized spacial score (nSPS) is 19.1. The van der Waals surface area contributed by atoms with E-state index in [0.717, 1.165) is 81.8 Å². The highest BCUT2D eigenvalue weighted by molar-refractivity contribution is 7.99. The molecule has 1 aliphatic carbocycles. The van der Waals surface area contributed by atoms with Crippen molar-refractivity contribution in [1.82, 2.24) is 4.90 Å². The van der Waals surface area contributed by atoms with Gasteiger partial charge in [-0.2, -0.15) is 11.8 Å². The molecule has 0 spiro atoms. The maximum atomic E-state index is 13.1. The predicted octanol–water partition coefficient (Wildman–Crippen LogP) is 9.57. The molecule has 246 valence electrons. The van der Waals surface area contributed by atoms with Gasteiger partial charge in [0.1, 0.15) is 17.3 Å².